The summed E-state index contributed by atoms with van der Waals surface area (Å²) in [5.74, 6) is 0.148. The van der Waals surface area contributed by atoms with Gasteiger partial charge in [0.15, 0.2) is 0 Å². The number of anilines is 2. The summed E-state index contributed by atoms with van der Waals surface area (Å²) in [4.78, 5) is 3.85. The molecule has 0 radical (unpaired) electrons. The van der Waals surface area contributed by atoms with Gasteiger partial charge in [0.2, 0.25) is 0 Å². The van der Waals surface area contributed by atoms with Crippen LogP contribution in [0.1, 0.15) is 11.1 Å². The summed E-state index contributed by atoms with van der Waals surface area (Å²) in [7, 11) is 0. The Kier molecular flexibility index (Phi) is 3.71. The van der Waals surface area contributed by atoms with Crippen molar-refractivity contribution in [2.75, 3.05) is 5.32 Å². The van der Waals surface area contributed by atoms with Gasteiger partial charge in [0, 0.05) is 18.4 Å². The number of benzene rings is 1. The summed E-state index contributed by atoms with van der Waals surface area (Å²) in [6.07, 6.45) is -3.25. The van der Waals surface area contributed by atoms with Gasteiger partial charge in [-0.05, 0) is 29.8 Å². The first kappa shape index (κ1) is 13.4. The number of aromatic nitrogens is 1. The molecular formula is C13H12F3N3. The second-order valence-corrected chi connectivity index (χ2v) is 3.95. The average Bonchev–Trinajstić information content (AvgIpc) is 2.39. The molecule has 0 unspecified atom stereocenters. The van der Waals surface area contributed by atoms with Crippen LogP contribution in [0.15, 0.2) is 42.6 Å². The van der Waals surface area contributed by atoms with Crippen molar-refractivity contribution in [2.45, 2.75) is 12.7 Å². The standard InChI is InChI=1S/C13H12F3N3/c14-13(15,16)10-5-6-18-12(7-10)19-11-3-1-9(8-17)2-4-11/h1-7H,8,17H2,(H,18,19). The molecule has 6 heteroatoms. The molecule has 0 amide bonds. The highest BCUT2D eigenvalue weighted by atomic mass is 19.4. The number of alkyl halides is 3. The van der Waals surface area contributed by atoms with Crippen molar-refractivity contribution in [3.8, 4) is 0 Å². The fourth-order valence-electron chi connectivity index (χ4n) is 1.55. The van der Waals surface area contributed by atoms with Gasteiger partial charge in [-0.1, -0.05) is 12.1 Å². The summed E-state index contributed by atoms with van der Waals surface area (Å²) in [6, 6.07) is 8.99. The number of rotatable bonds is 3. The Hall–Kier alpha value is -2.08. The summed E-state index contributed by atoms with van der Waals surface area (Å²) >= 11 is 0. The van der Waals surface area contributed by atoms with Gasteiger partial charge in [0.1, 0.15) is 5.82 Å². The molecule has 100 valence electrons. The van der Waals surface area contributed by atoms with E-state index in [2.05, 4.69) is 10.3 Å². The maximum atomic E-state index is 12.5. The van der Waals surface area contributed by atoms with Crippen LogP contribution in [0.4, 0.5) is 24.7 Å². The van der Waals surface area contributed by atoms with Crippen molar-refractivity contribution in [2.24, 2.45) is 5.73 Å². The number of pyridine rings is 1. The average molecular weight is 267 g/mol. The fourth-order valence-corrected chi connectivity index (χ4v) is 1.55. The molecule has 0 aliphatic heterocycles. The minimum absolute atomic E-state index is 0.148. The van der Waals surface area contributed by atoms with E-state index < -0.39 is 11.7 Å². The second-order valence-electron chi connectivity index (χ2n) is 3.95. The fraction of sp³-hybridized carbons (Fsp3) is 0.154. The van der Waals surface area contributed by atoms with Crippen LogP contribution >= 0.6 is 0 Å². The Labute approximate surface area is 108 Å². The summed E-state index contributed by atoms with van der Waals surface area (Å²) in [5.41, 5.74) is 6.33. The molecule has 19 heavy (non-hydrogen) atoms. The third kappa shape index (κ3) is 3.45. The first-order valence-corrected chi connectivity index (χ1v) is 5.58. The minimum Gasteiger partial charge on any atom is -0.340 e. The molecule has 0 aliphatic carbocycles. The highest BCUT2D eigenvalue weighted by molar-refractivity contribution is 5.57. The van der Waals surface area contributed by atoms with Crippen LogP contribution in [0.5, 0.6) is 0 Å². The van der Waals surface area contributed by atoms with Gasteiger partial charge in [-0.15, -0.1) is 0 Å². The van der Waals surface area contributed by atoms with E-state index >= 15 is 0 Å². The maximum absolute atomic E-state index is 12.5. The van der Waals surface area contributed by atoms with E-state index in [1.54, 1.807) is 24.3 Å². The molecule has 2 aromatic rings. The lowest BCUT2D eigenvalue weighted by Crippen LogP contribution is -2.06. The van der Waals surface area contributed by atoms with Crippen LogP contribution in [-0.2, 0) is 12.7 Å². The summed E-state index contributed by atoms with van der Waals surface area (Å²) in [5, 5.41) is 2.82. The topological polar surface area (TPSA) is 50.9 Å². The third-order valence-electron chi connectivity index (χ3n) is 2.55. The van der Waals surface area contributed by atoms with Gasteiger partial charge in [0.05, 0.1) is 5.56 Å². The van der Waals surface area contributed by atoms with E-state index in [1.165, 1.54) is 0 Å². The van der Waals surface area contributed by atoms with Crippen LogP contribution in [0, 0.1) is 0 Å². The lowest BCUT2D eigenvalue weighted by molar-refractivity contribution is -0.137. The first-order valence-electron chi connectivity index (χ1n) is 5.58. The van der Waals surface area contributed by atoms with Gasteiger partial charge in [0.25, 0.3) is 0 Å². The zero-order chi connectivity index (χ0) is 13.9. The molecule has 0 atom stereocenters. The Morgan fingerprint density at radius 3 is 2.37 bits per heavy atom. The number of hydrogen-bond donors (Lipinski definition) is 2. The molecule has 1 heterocycles. The van der Waals surface area contributed by atoms with Crippen molar-refractivity contribution < 1.29 is 13.2 Å². The maximum Gasteiger partial charge on any atom is 0.416 e. The Bertz CT molecular complexity index is 550. The molecule has 0 aliphatic rings. The number of halogens is 3. The molecular weight excluding hydrogens is 255 g/mol. The number of nitrogens with two attached hydrogens (primary N) is 1. The van der Waals surface area contributed by atoms with Crippen LogP contribution in [0.25, 0.3) is 0 Å². The summed E-state index contributed by atoms with van der Waals surface area (Å²) in [6.45, 7) is 0.419. The molecule has 1 aromatic carbocycles. The second kappa shape index (κ2) is 5.27. The molecule has 0 fully saturated rings. The Balaban J connectivity index is 2.18. The molecule has 3 nitrogen and oxygen atoms in total. The van der Waals surface area contributed by atoms with Gasteiger partial charge < -0.3 is 11.1 Å². The van der Waals surface area contributed by atoms with Crippen molar-refractivity contribution >= 4 is 11.5 Å². The molecule has 0 saturated carbocycles. The highest BCUT2D eigenvalue weighted by Gasteiger charge is 2.30. The van der Waals surface area contributed by atoms with E-state index in [-0.39, 0.29) is 5.82 Å². The zero-order valence-corrected chi connectivity index (χ0v) is 9.91. The number of nitrogens with one attached hydrogen (secondary N) is 1. The van der Waals surface area contributed by atoms with Crippen LogP contribution in [-0.4, -0.2) is 4.98 Å². The highest BCUT2D eigenvalue weighted by Crippen LogP contribution is 2.30. The molecule has 3 N–H and O–H groups in total. The van der Waals surface area contributed by atoms with Crippen molar-refractivity contribution in [1.29, 1.82) is 0 Å². The molecule has 0 saturated heterocycles. The SMILES string of the molecule is NCc1ccc(Nc2cc(C(F)(F)F)ccn2)cc1. The van der Waals surface area contributed by atoms with Crippen molar-refractivity contribution in [3.63, 3.8) is 0 Å². The van der Waals surface area contributed by atoms with E-state index in [4.69, 9.17) is 5.73 Å². The number of nitrogens with zero attached hydrogens (tertiary/aromatic N) is 1. The lowest BCUT2D eigenvalue weighted by atomic mass is 10.2. The van der Waals surface area contributed by atoms with Gasteiger partial charge >= 0.3 is 6.18 Å². The number of hydrogen-bond acceptors (Lipinski definition) is 3. The largest absolute Gasteiger partial charge is 0.416 e. The smallest absolute Gasteiger partial charge is 0.340 e. The normalized spacial score (nSPS) is 11.4. The predicted octanol–water partition coefficient (Wildman–Crippen LogP) is 3.30. The predicted molar refractivity (Wildman–Crippen MR) is 66.9 cm³/mol. The molecule has 2 rings (SSSR count). The van der Waals surface area contributed by atoms with Crippen molar-refractivity contribution in [3.05, 3.63) is 53.7 Å². The van der Waals surface area contributed by atoms with Crippen LogP contribution < -0.4 is 11.1 Å². The van der Waals surface area contributed by atoms with E-state index in [1.807, 2.05) is 0 Å². The quantitative estimate of drug-likeness (QED) is 0.897. The van der Waals surface area contributed by atoms with Gasteiger partial charge in [-0.3, -0.25) is 0 Å². The monoisotopic (exact) mass is 267 g/mol. The van der Waals surface area contributed by atoms with Crippen molar-refractivity contribution in [1.82, 2.24) is 4.98 Å². The van der Waals surface area contributed by atoms with Gasteiger partial charge in [-0.2, -0.15) is 13.2 Å². The minimum atomic E-state index is -4.37. The van der Waals surface area contributed by atoms with E-state index in [9.17, 15) is 13.2 Å². The zero-order valence-electron chi connectivity index (χ0n) is 9.91. The van der Waals surface area contributed by atoms with Crippen LogP contribution in [0.3, 0.4) is 0 Å². The Morgan fingerprint density at radius 2 is 1.79 bits per heavy atom. The van der Waals surface area contributed by atoms with E-state index in [0.717, 1.165) is 23.9 Å². The first-order chi connectivity index (χ1) is 8.99. The Morgan fingerprint density at radius 1 is 1.11 bits per heavy atom. The molecule has 0 spiro atoms. The van der Waals surface area contributed by atoms with Crippen LogP contribution in [0.2, 0.25) is 0 Å². The molecule has 1 aromatic heterocycles. The molecule has 0 bridgehead atoms. The summed E-state index contributed by atoms with van der Waals surface area (Å²) < 4.78 is 37.6. The third-order valence-corrected chi connectivity index (χ3v) is 2.55. The van der Waals surface area contributed by atoms with E-state index in [0.29, 0.717) is 12.2 Å². The lowest BCUT2D eigenvalue weighted by Gasteiger charge is -2.10. The van der Waals surface area contributed by atoms with Gasteiger partial charge in [-0.25, -0.2) is 4.98 Å².